The molecule has 1 saturated carbocycles. The summed E-state index contributed by atoms with van der Waals surface area (Å²) in [7, 11) is 0. The molecule has 5 nitrogen and oxygen atoms in total. The second kappa shape index (κ2) is 5.89. The fourth-order valence-corrected chi connectivity index (χ4v) is 1.70. The minimum atomic E-state index is -1.21. The molecule has 1 fully saturated rings. The summed E-state index contributed by atoms with van der Waals surface area (Å²) in [6, 6.07) is 0. The molecule has 1 rings (SSSR count). The number of carboxylic acids is 1. The van der Waals surface area contributed by atoms with Crippen LogP contribution in [0.4, 0.5) is 4.79 Å². The molecule has 102 valence electrons. The maximum absolute atomic E-state index is 12.0. The van der Waals surface area contributed by atoms with Gasteiger partial charge in [0, 0.05) is 6.54 Å². The zero-order valence-corrected chi connectivity index (χ0v) is 11.0. The van der Waals surface area contributed by atoms with E-state index in [-0.39, 0.29) is 6.61 Å². The fraction of sp³-hybridized carbons (Fsp3) is 0.692. The fourth-order valence-electron chi connectivity index (χ4n) is 1.70. The van der Waals surface area contributed by atoms with Crippen molar-refractivity contribution in [2.75, 3.05) is 13.2 Å². The van der Waals surface area contributed by atoms with Gasteiger partial charge in [0.05, 0.1) is 0 Å². The topological polar surface area (TPSA) is 66.8 Å². The van der Waals surface area contributed by atoms with Crippen molar-refractivity contribution in [1.82, 2.24) is 4.90 Å². The number of amides is 1. The molecule has 0 aromatic carbocycles. The van der Waals surface area contributed by atoms with Crippen molar-refractivity contribution in [2.24, 2.45) is 5.92 Å². The summed E-state index contributed by atoms with van der Waals surface area (Å²) < 4.78 is 4.99. The van der Waals surface area contributed by atoms with Gasteiger partial charge in [-0.15, -0.1) is 0 Å². The number of carbonyl (C=O) groups excluding carboxylic acids is 1. The van der Waals surface area contributed by atoms with Gasteiger partial charge < -0.3 is 9.84 Å². The molecule has 0 aliphatic heterocycles. The smallest absolute Gasteiger partial charge is 0.411 e. The standard InChI is InChI=1S/C13H21NO4/c1-4-8-18-12(17)14(9-10-6-7-10)13(3,5-2)11(15)16/h4,10H,1,5-9H2,2-3H3,(H,15,16). The third kappa shape index (κ3) is 3.24. The molecular weight excluding hydrogens is 234 g/mol. The minimum absolute atomic E-state index is 0.0966. The van der Waals surface area contributed by atoms with Gasteiger partial charge in [0.1, 0.15) is 12.1 Å². The van der Waals surface area contributed by atoms with E-state index < -0.39 is 17.6 Å². The van der Waals surface area contributed by atoms with Crippen molar-refractivity contribution < 1.29 is 19.4 Å². The Bertz CT molecular complexity index is 338. The number of nitrogens with zero attached hydrogens (tertiary/aromatic N) is 1. The summed E-state index contributed by atoms with van der Waals surface area (Å²) in [6.07, 6.45) is 3.33. The van der Waals surface area contributed by atoms with Gasteiger partial charge in [-0.05, 0) is 32.1 Å². The third-order valence-corrected chi connectivity index (χ3v) is 3.43. The molecule has 1 amide bonds. The highest BCUT2D eigenvalue weighted by Gasteiger charge is 2.44. The molecule has 18 heavy (non-hydrogen) atoms. The number of hydrogen-bond donors (Lipinski definition) is 1. The lowest BCUT2D eigenvalue weighted by Crippen LogP contribution is -2.55. The summed E-state index contributed by atoms with van der Waals surface area (Å²) in [6.45, 7) is 7.34. The lowest BCUT2D eigenvalue weighted by Gasteiger charge is -2.36. The average molecular weight is 255 g/mol. The number of rotatable bonds is 7. The van der Waals surface area contributed by atoms with E-state index in [0.29, 0.717) is 18.9 Å². The molecule has 0 radical (unpaired) electrons. The summed E-state index contributed by atoms with van der Waals surface area (Å²) in [5, 5.41) is 9.34. The Balaban J connectivity index is 2.83. The average Bonchev–Trinajstić information content (AvgIpc) is 3.15. The van der Waals surface area contributed by atoms with Crippen LogP contribution in [0.5, 0.6) is 0 Å². The van der Waals surface area contributed by atoms with E-state index in [1.165, 1.54) is 11.0 Å². The number of carboxylic acid groups (broad SMARTS) is 1. The molecule has 0 aromatic rings. The second-order valence-corrected chi connectivity index (χ2v) is 4.85. The van der Waals surface area contributed by atoms with Crippen LogP contribution in [0.1, 0.15) is 33.1 Å². The van der Waals surface area contributed by atoms with E-state index in [9.17, 15) is 14.7 Å². The SMILES string of the molecule is C=CCOC(=O)N(CC1CC1)C(C)(CC)C(=O)O. The van der Waals surface area contributed by atoms with Crippen LogP contribution in [-0.4, -0.2) is 40.8 Å². The molecule has 5 heteroatoms. The van der Waals surface area contributed by atoms with Crippen LogP contribution in [0.2, 0.25) is 0 Å². The van der Waals surface area contributed by atoms with Gasteiger partial charge in [0.15, 0.2) is 0 Å². The van der Waals surface area contributed by atoms with Gasteiger partial charge >= 0.3 is 12.1 Å². The van der Waals surface area contributed by atoms with E-state index in [1.54, 1.807) is 13.8 Å². The van der Waals surface area contributed by atoms with Gasteiger partial charge in [-0.3, -0.25) is 4.90 Å². The Morgan fingerprint density at radius 1 is 1.56 bits per heavy atom. The van der Waals surface area contributed by atoms with Crippen LogP contribution in [0, 0.1) is 5.92 Å². The van der Waals surface area contributed by atoms with Crippen LogP contribution < -0.4 is 0 Å². The Hall–Kier alpha value is -1.52. The number of aliphatic carboxylic acids is 1. The Labute approximate surface area is 107 Å². The van der Waals surface area contributed by atoms with Gasteiger partial charge in [-0.25, -0.2) is 9.59 Å². The number of carbonyl (C=O) groups is 2. The molecule has 1 N–H and O–H groups in total. The maximum atomic E-state index is 12.0. The molecule has 0 bridgehead atoms. The summed E-state index contributed by atoms with van der Waals surface area (Å²) in [4.78, 5) is 24.7. The van der Waals surface area contributed by atoms with Crippen LogP contribution in [0.15, 0.2) is 12.7 Å². The predicted molar refractivity (Wildman–Crippen MR) is 67.3 cm³/mol. The first kappa shape index (κ1) is 14.5. The first-order chi connectivity index (χ1) is 8.45. The van der Waals surface area contributed by atoms with Gasteiger partial charge in [-0.1, -0.05) is 19.6 Å². The van der Waals surface area contributed by atoms with E-state index in [0.717, 1.165) is 12.8 Å². The Morgan fingerprint density at radius 2 is 2.17 bits per heavy atom. The third-order valence-electron chi connectivity index (χ3n) is 3.43. The van der Waals surface area contributed by atoms with E-state index in [2.05, 4.69) is 6.58 Å². The zero-order chi connectivity index (χ0) is 13.8. The van der Waals surface area contributed by atoms with Gasteiger partial charge in [0.2, 0.25) is 0 Å². The second-order valence-electron chi connectivity index (χ2n) is 4.85. The lowest BCUT2D eigenvalue weighted by molar-refractivity contribution is -0.149. The van der Waals surface area contributed by atoms with E-state index in [1.807, 2.05) is 0 Å². The van der Waals surface area contributed by atoms with Gasteiger partial charge in [-0.2, -0.15) is 0 Å². The van der Waals surface area contributed by atoms with Crippen molar-refractivity contribution in [3.63, 3.8) is 0 Å². The monoisotopic (exact) mass is 255 g/mol. The predicted octanol–water partition coefficient (Wildman–Crippen LogP) is 2.27. The van der Waals surface area contributed by atoms with Crippen molar-refractivity contribution in [3.05, 3.63) is 12.7 Å². The highest BCUT2D eigenvalue weighted by Crippen LogP contribution is 2.33. The molecular formula is C13H21NO4. The van der Waals surface area contributed by atoms with E-state index in [4.69, 9.17) is 4.74 Å². The zero-order valence-electron chi connectivity index (χ0n) is 11.0. The van der Waals surface area contributed by atoms with E-state index >= 15 is 0 Å². The molecule has 0 aromatic heterocycles. The van der Waals surface area contributed by atoms with Gasteiger partial charge in [0.25, 0.3) is 0 Å². The first-order valence-electron chi connectivity index (χ1n) is 6.24. The molecule has 1 aliphatic rings. The number of ether oxygens (including phenoxy) is 1. The molecule has 0 spiro atoms. The quantitative estimate of drug-likeness (QED) is 0.709. The normalized spacial score (nSPS) is 17.7. The molecule has 1 aliphatic carbocycles. The maximum Gasteiger partial charge on any atom is 0.411 e. The summed E-state index contributed by atoms with van der Waals surface area (Å²) >= 11 is 0. The van der Waals surface area contributed by atoms with Crippen LogP contribution >= 0.6 is 0 Å². The van der Waals surface area contributed by atoms with Crippen molar-refractivity contribution >= 4 is 12.1 Å². The molecule has 1 unspecified atom stereocenters. The molecule has 1 atom stereocenters. The molecule has 0 heterocycles. The minimum Gasteiger partial charge on any atom is -0.480 e. The van der Waals surface area contributed by atoms with Crippen molar-refractivity contribution in [2.45, 2.75) is 38.6 Å². The van der Waals surface area contributed by atoms with Crippen LogP contribution in [-0.2, 0) is 9.53 Å². The Morgan fingerprint density at radius 3 is 2.56 bits per heavy atom. The summed E-state index contributed by atoms with van der Waals surface area (Å²) in [5.41, 5.74) is -1.21. The summed E-state index contributed by atoms with van der Waals surface area (Å²) in [5.74, 6) is -0.590. The Kier molecular flexibility index (Phi) is 4.76. The van der Waals surface area contributed by atoms with Crippen molar-refractivity contribution in [1.29, 1.82) is 0 Å². The highest BCUT2D eigenvalue weighted by molar-refractivity contribution is 5.84. The molecule has 0 saturated heterocycles. The largest absolute Gasteiger partial charge is 0.480 e. The van der Waals surface area contributed by atoms with Crippen LogP contribution in [0.25, 0.3) is 0 Å². The lowest BCUT2D eigenvalue weighted by atomic mass is 9.96. The highest BCUT2D eigenvalue weighted by atomic mass is 16.6. The van der Waals surface area contributed by atoms with Crippen LogP contribution in [0.3, 0.4) is 0 Å². The number of hydrogen-bond acceptors (Lipinski definition) is 3. The van der Waals surface area contributed by atoms with Crippen molar-refractivity contribution in [3.8, 4) is 0 Å². The first-order valence-corrected chi connectivity index (χ1v) is 6.24.